The second-order valence-electron chi connectivity index (χ2n) is 8.17. The molecule has 0 spiro atoms. The summed E-state index contributed by atoms with van der Waals surface area (Å²) < 4.78 is 77.0. The van der Waals surface area contributed by atoms with Crippen molar-refractivity contribution in [1.82, 2.24) is 0 Å². The molecule has 12 heteroatoms. The molecular formula is C26H10F6O4S2. The van der Waals surface area contributed by atoms with Crippen LogP contribution in [0, 0.1) is 0 Å². The molecule has 4 nitrogen and oxygen atoms in total. The van der Waals surface area contributed by atoms with E-state index in [1.54, 1.807) is 0 Å². The van der Waals surface area contributed by atoms with Gasteiger partial charge in [0.2, 0.25) is 23.1 Å². The molecule has 38 heavy (non-hydrogen) atoms. The largest absolute Gasteiger partial charge is 0.416 e. The standard InChI is InChI=1S/C26H10F6O4S2/c27-25(28,29)13-5-1-11(2-6-13)19(33)17-9-15-21(35)22(36)16-10-18(38-24(16)23(15)37-17)20(34)12-3-7-14(8-4-12)26(30,31)32/h1-10H. The third kappa shape index (κ3) is 4.39. The highest BCUT2D eigenvalue weighted by Crippen LogP contribution is 2.45. The predicted octanol–water partition coefficient (Wildman–Crippen LogP) is 7.36. The summed E-state index contributed by atoms with van der Waals surface area (Å²) in [4.78, 5) is 51.8. The number of rotatable bonds is 4. The second-order valence-corrected chi connectivity index (χ2v) is 10.3. The maximum atomic E-state index is 12.9. The van der Waals surface area contributed by atoms with Crippen LogP contribution in [0.2, 0.25) is 0 Å². The maximum Gasteiger partial charge on any atom is 0.416 e. The van der Waals surface area contributed by atoms with E-state index in [0.717, 1.165) is 71.2 Å². The molecule has 1 aliphatic rings. The Morgan fingerprint density at radius 1 is 0.553 bits per heavy atom. The Bertz CT molecular complexity index is 1520. The molecule has 0 bridgehead atoms. The smallest absolute Gasteiger partial charge is 0.288 e. The zero-order valence-corrected chi connectivity index (χ0v) is 20.1. The van der Waals surface area contributed by atoms with E-state index >= 15 is 0 Å². The van der Waals surface area contributed by atoms with Gasteiger partial charge in [-0.3, -0.25) is 19.2 Å². The van der Waals surface area contributed by atoms with E-state index in [9.17, 15) is 45.5 Å². The fourth-order valence-corrected chi connectivity index (χ4v) is 6.22. The topological polar surface area (TPSA) is 68.3 Å². The molecule has 0 aliphatic heterocycles. The Kier molecular flexibility index (Phi) is 5.99. The van der Waals surface area contributed by atoms with Gasteiger partial charge in [0.15, 0.2) is 0 Å². The average molecular weight is 564 g/mol. The molecule has 0 amide bonds. The lowest BCUT2D eigenvalue weighted by atomic mass is 9.94. The van der Waals surface area contributed by atoms with Crippen molar-refractivity contribution in [2.45, 2.75) is 12.4 Å². The Morgan fingerprint density at radius 3 is 1.16 bits per heavy atom. The van der Waals surface area contributed by atoms with Crippen molar-refractivity contribution in [3.8, 4) is 9.75 Å². The van der Waals surface area contributed by atoms with Gasteiger partial charge in [0.05, 0.1) is 30.6 Å². The van der Waals surface area contributed by atoms with Gasteiger partial charge in [0.1, 0.15) is 0 Å². The summed E-state index contributed by atoms with van der Waals surface area (Å²) >= 11 is 1.70. The molecule has 0 saturated heterocycles. The number of carbonyl (C=O) groups is 4. The van der Waals surface area contributed by atoms with Crippen LogP contribution in [0.5, 0.6) is 0 Å². The van der Waals surface area contributed by atoms with Crippen molar-refractivity contribution in [2.75, 3.05) is 0 Å². The molecule has 0 unspecified atom stereocenters. The number of hydrogen-bond acceptors (Lipinski definition) is 6. The highest BCUT2D eigenvalue weighted by Gasteiger charge is 2.37. The van der Waals surface area contributed by atoms with E-state index < -0.39 is 46.6 Å². The van der Waals surface area contributed by atoms with Gasteiger partial charge >= 0.3 is 12.4 Å². The van der Waals surface area contributed by atoms with Gasteiger partial charge in [-0.25, -0.2) is 0 Å². The van der Waals surface area contributed by atoms with Crippen LogP contribution in [0.25, 0.3) is 9.75 Å². The normalized spacial score (nSPS) is 13.3. The first-order valence-corrected chi connectivity index (χ1v) is 12.2. The van der Waals surface area contributed by atoms with E-state index in [2.05, 4.69) is 0 Å². The highest BCUT2D eigenvalue weighted by atomic mass is 32.1. The second kappa shape index (κ2) is 8.84. The van der Waals surface area contributed by atoms with Crippen molar-refractivity contribution < 1.29 is 45.5 Å². The molecular weight excluding hydrogens is 554 g/mol. The number of fused-ring (bicyclic) bond motifs is 3. The number of thiophene rings is 2. The van der Waals surface area contributed by atoms with E-state index in [0.29, 0.717) is 0 Å². The number of carbonyl (C=O) groups excluding carboxylic acids is 4. The fourth-order valence-electron chi connectivity index (χ4n) is 3.83. The first kappa shape index (κ1) is 25.7. The van der Waals surface area contributed by atoms with Gasteiger partial charge in [0.25, 0.3) is 0 Å². The van der Waals surface area contributed by atoms with Crippen molar-refractivity contribution >= 4 is 45.8 Å². The van der Waals surface area contributed by atoms with Gasteiger partial charge in [-0.1, -0.05) is 24.3 Å². The van der Waals surface area contributed by atoms with E-state index in [1.165, 1.54) is 12.1 Å². The lowest BCUT2D eigenvalue weighted by Crippen LogP contribution is -2.18. The predicted molar refractivity (Wildman–Crippen MR) is 126 cm³/mol. The molecule has 2 heterocycles. The Morgan fingerprint density at radius 2 is 0.868 bits per heavy atom. The Hall–Kier alpha value is -3.90. The zero-order chi connectivity index (χ0) is 27.6. The maximum absolute atomic E-state index is 12.9. The van der Waals surface area contributed by atoms with Crippen LogP contribution in [0.1, 0.15) is 62.3 Å². The van der Waals surface area contributed by atoms with Gasteiger partial charge in [-0.05, 0) is 36.4 Å². The van der Waals surface area contributed by atoms with Crippen molar-refractivity contribution in [3.05, 3.63) is 104 Å². The zero-order valence-electron chi connectivity index (χ0n) is 18.5. The summed E-state index contributed by atoms with van der Waals surface area (Å²) in [6, 6.07) is 9.45. The molecule has 0 atom stereocenters. The number of halogens is 6. The monoisotopic (exact) mass is 564 g/mol. The van der Waals surface area contributed by atoms with Crippen LogP contribution in [0.15, 0.2) is 60.7 Å². The van der Waals surface area contributed by atoms with Gasteiger partial charge in [0, 0.05) is 22.3 Å². The first-order chi connectivity index (χ1) is 17.8. The quantitative estimate of drug-likeness (QED) is 0.148. The van der Waals surface area contributed by atoms with E-state index in [-0.39, 0.29) is 41.8 Å². The molecule has 5 rings (SSSR count). The summed E-state index contributed by atoms with van der Waals surface area (Å²) in [5.41, 5.74) is -2.13. The SMILES string of the molecule is O=C(c1ccc(C(F)(F)F)cc1)c1cc2c(s1)-c1sc(C(=O)c3ccc(C(F)(F)F)cc3)cc1C(=O)C2=O. The van der Waals surface area contributed by atoms with Crippen LogP contribution in [-0.4, -0.2) is 23.1 Å². The summed E-state index contributed by atoms with van der Waals surface area (Å²) in [6.45, 7) is 0. The number of hydrogen-bond donors (Lipinski definition) is 0. The fraction of sp³-hybridized carbons (Fsp3) is 0.0769. The third-order valence-corrected chi connectivity index (χ3v) is 8.19. The number of benzene rings is 2. The molecule has 0 saturated carbocycles. The molecule has 0 radical (unpaired) electrons. The van der Waals surface area contributed by atoms with Crippen LogP contribution in [-0.2, 0) is 12.4 Å². The minimum atomic E-state index is -4.58. The summed E-state index contributed by atoms with van der Waals surface area (Å²) in [5.74, 6) is -3.14. The molecule has 2 aromatic heterocycles. The number of ketones is 4. The van der Waals surface area contributed by atoms with Gasteiger partial charge in [-0.2, -0.15) is 26.3 Å². The highest BCUT2D eigenvalue weighted by molar-refractivity contribution is 7.25. The lowest BCUT2D eigenvalue weighted by molar-refractivity contribution is -0.138. The number of alkyl halides is 6. The lowest BCUT2D eigenvalue weighted by Gasteiger charge is -2.08. The molecule has 1 aliphatic carbocycles. The van der Waals surface area contributed by atoms with E-state index in [1.807, 2.05) is 0 Å². The Balaban J connectivity index is 1.49. The van der Waals surface area contributed by atoms with Crippen LogP contribution in [0.4, 0.5) is 26.3 Å². The number of Topliss-reactive ketones (excluding diaryl/α,β-unsaturated/α-hetero) is 2. The van der Waals surface area contributed by atoms with E-state index in [4.69, 9.17) is 0 Å². The molecule has 4 aromatic rings. The molecule has 0 N–H and O–H groups in total. The third-order valence-electron chi connectivity index (χ3n) is 5.76. The minimum Gasteiger partial charge on any atom is -0.288 e. The summed E-state index contributed by atoms with van der Waals surface area (Å²) in [7, 11) is 0. The van der Waals surface area contributed by atoms with Gasteiger partial charge in [-0.15, -0.1) is 22.7 Å². The molecule has 192 valence electrons. The van der Waals surface area contributed by atoms with Crippen molar-refractivity contribution in [3.63, 3.8) is 0 Å². The summed E-state index contributed by atoms with van der Waals surface area (Å²) in [5, 5.41) is 0. The average Bonchev–Trinajstić information content (AvgIpc) is 3.51. The Labute approximate surface area is 217 Å². The van der Waals surface area contributed by atoms with Gasteiger partial charge < -0.3 is 0 Å². The van der Waals surface area contributed by atoms with Crippen LogP contribution < -0.4 is 0 Å². The molecule has 2 aromatic carbocycles. The van der Waals surface area contributed by atoms with Crippen molar-refractivity contribution in [1.29, 1.82) is 0 Å². The van der Waals surface area contributed by atoms with Crippen LogP contribution >= 0.6 is 22.7 Å². The van der Waals surface area contributed by atoms with Crippen molar-refractivity contribution in [2.24, 2.45) is 0 Å². The van der Waals surface area contributed by atoms with Crippen LogP contribution in [0.3, 0.4) is 0 Å². The summed E-state index contributed by atoms with van der Waals surface area (Å²) in [6.07, 6.45) is -9.16. The first-order valence-electron chi connectivity index (χ1n) is 10.6. The minimum absolute atomic E-state index is 0.00720. The molecule has 0 fully saturated rings.